The fourth-order valence-corrected chi connectivity index (χ4v) is 2.78. The minimum Gasteiger partial charge on any atom is -0.598 e. The van der Waals surface area contributed by atoms with E-state index in [0.717, 1.165) is 44.3 Å². The van der Waals surface area contributed by atoms with Gasteiger partial charge in [0.15, 0.2) is 5.76 Å². The van der Waals surface area contributed by atoms with E-state index < -0.39 is 11.4 Å². The van der Waals surface area contributed by atoms with Gasteiger partial charge in [0.2, 0.25) is 0 Å². The summed E-state index contributed by atoms with van der Waals surface area (Å²) in [7, 11) is 0. The Balaban J connectivity index is 1.89. The van der Waals surface area contributed by atoms with Gasteiger partial charge in [-0.15, -0.1) is 4.72 Å². The van der Waals surface area contributed by atoms with Crippen LogP contribution in [0.15, 0.2) is 10.6 Å². The van der Waals surface area contributed by atoms with Crippen molar-refractivity contribution in [1.29, 1.82) is 0 Å². The van der Waals surface area contributed by atoms with Crippen LogP contribution >= 0.6 is 0 Å². The number of hydrogen-bond acceptors (Lipinski definition) is 6. The van der Waals surface area contributed by atoms with Crippen molar-refractivity contribution >= 4 is 11.4 Å². The molecule has 0 unspecified atom stereocenters. The first-order chi connectivity index (χ1) is 9.86. The molecule has 0 spiro atoms. The van der Waals surface area contributed by atoms with Crippen LogP contribution < -0.4 is 4.72 Å². The summed E-state index contributed by atoms with van der Waals surface area (Å²) >= 11 is -1.12. The van der Waals surface area contributed by atoms with Crippen LogP contribution in [0.2, 0.25) is 0 Å². The van der Waals surface area contributed by atoms with E-state index in [0.29, 0.717) is 0 Å². The molecule has 7 heteroatoms. The number of nitrogens with zero attached hydrogens (tertiary/aromatic N) is 2. The van der Waals surface area contributed by atoms with Crippen LogP contribution in [0.25, 0.3) is 0 Å². The van der Waals surface area contributed by atoms with Crippen LogP contribution in [-0.2, 0) is 22.6 Å². The molecule has 2 heterocycles. The van der Waals surface area contributed by atoms with Gasteiger partial charge >= 0.3 is 0 Å². The molecule has 1 N–H and O–H groups in total. The third kappa shape index (κ3) is 4.96. The van der Waals surface area contributed by atoms with Crippen molar-refractivity contribution < 1.29 is 13.8 Å². The minimum atomic E-state index is -1.12. The van der Waals surface area contributed by atoms with E-state index in [1.54, 1.807) is 0 Å². The number of ether oxygens (including phenoxy) is 1. The fraction of sp³-hybridized carbons (Fsp3) is 0.786. The Kier molecular flexibility index (Phi) is 5.67. The Morgan fingerprint density at radius 3 is 2.71 bits per heavy atom. The molecule has 1 aromatic heterocycles. The quantitative estimate of drug-likeness (QED) is 0.832. The van der Waals surface area contributed by atoms with E-state index in [-0.39, 0.29) is 10.8 Å². The van der Waals surface area contributed by atoms with E-state index >= 15 is 0 Å². The maximum absolute atomic E-state index is 12.1. The molecule has 120 valence electrons. The highest BCUT2D eigenvalue weighted by molar-refractivity contribution is 7.90. The monoisotopic (exact) mass is 315 g/mol. The first kappa shape index (κ1) is 16.8. The van der Waals surface area contributed by atoms with Gasteiger partial charge in [-0.3, -0.25) is 4.90 Å². The topological polar surface area (TPSA) is 73.6 Å². The molecule has 0 amide bonds. The Hall–Kier alpha value is -0.600. The van der Waals surface area contributed by atoms with Crippen molar-refractivity contribution in [2.24, 2.45) is 0 Å². The number of hydrogen-bond donors (Lipinski definition) is 1. The first-order valence-corrected chi connectivity index (χ1v) is 8.45. The van der Waals surface area contributed by atoms with Crippen molar-refractivity contribution in [3.8, 4) is 0 Å². The molecule has 6 nitrogen and oxygen atoms in total. The highest BCUT2D eigenvalue weighted by Crippen LogP contribution is 2.20. The van der Waals surface area contributed by atoms with Gasteiger partial charge in [-0.25, -0.2) is 0 Å². The second kappa shape index (κ2) is 7.11. The molecular weight excluding hydrogens is 290 g/mol. The summed E-state index contributed by atoms with van der Waals surface area (Å²) in [5.41, 5.74) is 0.788. The molecule has 0 saturated carbocycles. The molecule has 1 aromatic rings. The summed E-state index contributed by atoms with van der Waals surface area (Å²) in [6.07, 6.45) is 0. The number of nitrogens with one attached hydrogen (secondary N) is 1. The predicted molar refractivity (Wildman–Crippen MR) is 82.0 cm³/mol. The van der Waals surface area contributed by atoms with Gasteiger partial charge in [0.25, 0.3) is 0 Å². The van der Waals surface area contributed by atoms with Gasteiger partial charge in [0.05, 0.1) is 25.8 Å². The lowest BCUT2D eigenvalue weighted by Crippen LogP contribution is -2.40. The van der Waals surface area contributed by atoms with Crippen LogP contribution in [0, 0.1) is 0 Å². The molecule has 2 atom stereocenters. The van der Waals surface area contributed by atoms with Gasteiger partial charge in [0, 0.05) is 30.5 Å². The number of morpholine rings is 1. The molecule has 0 bridgehead atoms. The average Bonchev–Trinajstić information content (AvgIpc) is 2.87. The predicted octanol–water partition coefficient (Wildman–Crippen LogP) is 1.62. The van der Waals surface area contributed by atoms with Gasteiger partial charge in [-0.2, -0.15) is 0 Å². The summed E-state index contributed by atoms with van der Waals surface area (Å²) in [6.45, 7) is 11.9. The minimum absolute atomic E-state index is 0.104. The van der Waals surface area contributed by atoms with E-state index in [1.165, 1.54) is 0 Å². The zero-order valence-electron chi connectivity index (χ0n) is 13.2. The maximum atomic E-state index is 12.1. The largest absolute Gasteiger partial charge is 0.598 e. The summed E-state index contributed by atoms with van der Waals surface area (Å²) in [6, 6.07) is 1.83. The maximum Gasteiger partial charge on any atom is 0.151 e. The van der Waals surface area contributed by atoms with E-state index in [4.69, 9.17) is 9.26 Å². The average molecular weight is 315 g/mol. The lowest BCUT2D eigenvalue weighted by atomic mass is 10.2. The fourth-order valence-electron chi connectivity index (χ4n) is 1.98. The summed E-state index contributed by atoms with van der Waals surface area (Å²) < 4.78 is 25.6. The van der Waals surface area contributed by atoms with E-state index in [1.807, 2.05) is 33.8 Å². The molecule has 1 aliphatic heterocycles. The Morgan fingerprint density at radius 2 is 2.10 bits per heavy atom. The first-order valence-electron chi connectivity index (χ1n) is 7.30. The van der Waals surface area contributed by atoms with Gasteiger partial charge in [0.1, 0.15) is 10.4 Å². The molecule has 21 heavy (non-hydrogen) atoms. The van der Waals surface area contributed by atoms with Crippen molar-refractivity contribution in [2.75, 3.05) is 26.3 Å². The summed E-state index contributed by atoms with van der Waals surface area (Å²) in [5, 5.41) is 4.09. The molecule has 1 saturated heterocycles. The lowest BCUT2D eigenvalue weighted by Gasteiger charge is -2.25. The SMILES string of the molecule is C[C@H](N[S@+]([O-])C(C)(C)C)c1cc(CN2CCOCC2)on1. The van der Waals surface area contributed by atoms with Gasteiger partial charge in [-0.05, 0) is 27.7 Å². The summed E-state index contributed by atoms with van der Waals surface area (Å²) in [5.74, 6) is 0.835. The molecule has 0 radical (unpaired) electrons. The van der Waals surface area contributed by atoms with Crippen molar-refractivity contribution in [2.45, 2.75) is 45.0 Å². The number of rotatable bonds is 5. The molecule has 0 aliphatic carbocycles. The Morgan fingerprint density at radius 1 is 1.43 bits per heavy atom. The third-order valence-corrected chi connectivity index (χ3v) is 5.02. The third-order valence-electron chi connectivity index (χ3n) is 3.34. The van der Waals surface area contributed by atoms with E-state index in [2.05, 4.69) is 14.8 Å². The second-order valence-corrected chi connectivity index (χ2v) is 8.33. The van der Waals surface area contributed by atoms with Crippen LogP contribution in [0.5, 0.6) is 0 Å². The highest BCUT2D eigenvalue weighted by atomic mass is 32.2. The number of aromatic nitrogens is 1. The smallest absolute Gasteiger partial charge is 0.151 e. The van der Waals surface area contributed by atoms with Gasteiger partial charge < -0.3 is 13.8 Å². The zero-order valence-corrected chi connectivity index (χ0v) is 14.0. The highest BCUT2D eigenvalue weighted by Gasteiger charge is 2.29. The summed E-state index contributed by atoms with van der Waals surface area (Å²) in [4.78, 5) is 2.28. The van der Waals surface area contributed by atoms with Crippen LogP contribution in [0.1, 0.15) is 45.2 Å². The van der Waals surface area contributed by atoms with Crippen molar-refractivity contribution in [3.63, 3.8) is 0 Å². The van der Waals surface area contributed by atoms with Crippen LogP contribution in [0.4, 0.5) is 0 Å². The standard InChI is InChI=1S/C14H25N3O3S/c1-11(16-21(18)14(2,3)4)13-9-12(20-15-13)10-17-5-7-19-8-6-17/h9,11,16H,5-8,10H2,1-4H3/t11-,21+/m0/s1. The Labute approximate surface area is 129 Å². The van der Waals surface area contributed by atoms with E-state index in [9.17, 15) is 4.55 Å². The van der Waals surface area contributed by atoms with Crippen LogP contribution in [0.3, 0.4) is 0 Å². The van der Waals surface area contributed by atoms with Crippen molar-refractivity contribution in [1.82, 2.24) is 14.8 Å². The normalized spacial score (nSPS) is 20.4. The molecule has 1 fully saturated rings. The molecule has 2 rings (SSSR count). The molecule has 1 aliphatic rings. The lowest BCUT2D eigenvalue weighted by molar-refractivity contribution is 0.0305. The zero-order chi connectivity index (χ0) is 15.5. The second-order valence-electron chi connectivity index (χ2n) is 6.33. The van der Waals surface area contributed by atoms with Gasteiger partial charge in [-0.1, -0.05) is 5.16 Å². The molecule has 0 aromatic carbocycles. The van der Waals surface area contributed by atoms with Crippen LogP contribution in [-0.4, -0.2) is 45.7 Å². The molecular formula is C14H25N3O3S. The van der Waals surface area contributed by atoms with Crippen molar-refractivity contribution in [3.05, 3.63) is 17.5 Å². The Bertz CT molecular complexity index is 441.